The smallest absolute Gasteiger partial charge is 0.109 e. The Morgan fingerprint density at radius 2 is 1.22 bits per heavy atom. The molecule has 4 aromatic rings. The van der Waals surface area contributed by atoms with Gasteiger partial charge in [-0.05, 0) is 28.4 Å². The van der Waals surface area contributed by atoms with Crippen LogP contribution >= 0.6 is 0 Å². The first kappa shape index (κ1) is 39.9. The van der Waals surface area contributed by atoms with E-state index >= 15 is 0 Å². The van der Waals surface area contributed by atoms with Gasteiger partial charge in [-0.3, -0.25) is 6.08 Å². The number of hydrogen-bond acceptors (Lipinski definition) is 0. The van der Waals surface area contributed by atoms with Crippen LogP contribution in [0.25, 0.3) is 11.1 Å². The third kappa shape index (κ3) is 10.1. The van der Waals surface area contributed by atoms with E-state index < -0.39 is 0 Å². The molecule has 0 saturated heterocycles. The van der Waals surface area contributed by atoms with Gasteiger partial charge in [0, 0.05) is 0 Å². The average molecular weight is 727 g/mol. The molecule has 0 saturated carbocycles. The third-order valence-corrected chi connectivity index (χ3v) is 10.1. The summed E-state index contributed by atoms with van der Waals surface area (Å²) < 4.78 is 1.44. The van der Waals surface area contributed by atoms with Gasteiger partial charge in [0.2, 0.25) is 0 Å². The summed E-state index contributed by atoms with van der Waals surface area (Å²) in [6.45, 7) is 22.3. The van der Waals surface area contributed by atoms with Crippen LogP contribution in [-0.4, -0.2) is 3.21 Å². The maximum atomic E-state index is 3.67. The van der Waals surface area contributed by atoms with Gasteiger partial charge in [-0.1, -0.05) is 65.3 Å². The van der Waals surface area contributed by atoms with E-state index in [4.69, 9.17) is 0 Å². The van der Waals surface area contributed by atoms with Crippen LogP contribution in [0.2, 0.25) is 0 Å². The molecule has 2 aliphatic carbocycles. The number of rotatable bonds is 2. The van der Waals surface area contributed by atoms with Crippen molar-refractivity contribution < 1.29 is 49.0 Å². The molecule has 0 aliphatic heterocycles. The van der Waals surface area contributed by atoms with Crippen molar-refractivity contribution in [3.8, 4) is 11.1 Å². The molecule has 0 unspecified atom stereocenters. The van der Waals surface area contributed by atoms with Crippen molar-refractivity contribution in [3.63, 3.8) is 0 Å². The zero-order chi connectivity index (χ0) is 32.2. The molecule has 0 atom stereocenters. The molecule has 46 heavy (non-hydrogen) atoms. The van der Waals surface area contributed by atoms with E-state index in [0.29, 0.717) is 0 Å². The first-order valence-corrected chi connectivity index (χ1v) is 17.0. The monoisotopic (exact) mass is 724 g/mol. The van der Waals surface area contributed by atoms with Crippen LogP contribution in [0.15, 0.2) is 85.0 Å². The van der Waals surface area contributed by atoms with E-state index in [-0.39, 0.29) is 35.6 Å². The Labute approximate surface area is 307 Å². The van der Waals surface area contributed by atoms with E-state index in [1.54, 1.807) is 0 Å². The van der Waals surface area contributed by atoms with E-state index in [1.807, 2.05) is 12.2 Å². The number of allylic oxidation sites excluding steroid dienone is 4. The Hall–Kier alpha value is -2.31. The van der Waals surface area contributed by atoms with Crippen molar-refractivity contribution in [1.82, 2.24) is 0 Å². The Kier molecular flexibility index (Phi) is 14.5. The predicted molar refractivity (Wildman–Crippen MR) is 188 cm³/mol. The molecule has 0 aromatic heterocycles. The van der Waals surface area contributed by atoms with Crippen molar-refractivity contribution in [2.75, 3.05) is 0 Å². The SMILES string of the molecule is CC(C)(C)c1[c-]c2c(cc1)-c1ccc(C(C)(C)C)cc1C2.Cc1ccc([C](=[Zr+2])c2ccc(C)c(C)c2)cc1C.[C-]1=CC=CC1.[Cl-].[Cl-]. The van der Waals surface area contributed by atoms with Gasteiger partial charge in [-0.2, -0.15) is 29.8 Å². The van der Waals surface area contributed by atoms with Gasteiger partial charge in [0.1, 0.15) is 0 Å². The molecule has 0 nitrogen and oxygen atoms in total. The molecule has 4 aromatic carbocycles. The van der Waals surface area contributed by atoms with E-state index in [2.05, 4.69) is 154 Å². The molecular weight excluding hydrogens is 679 g/mol. The van der Waals surface area contributed by atoms with Gasteiger partial charge >= 0.3 is 125 Å². The molecule has 0 radical (unpaired) electrons. The normalized spacial score (nSPS) is 12.4. The fraction of sp³-hybridized carbons (Fsp3) is 0.326. The molecule has 0 bridgehead atoms. The quantitative estimate of drug-likeness (QED) is 0.225. The fourth-order valence-electron chi connectivity index (χ4n) is 5.33. The van der Waals surface area contributed by atoms with Crippen molar-refractivity contribution in [3.05, 3.63) is 153 Å². The molecule has 240 valence electrons. The third-order valence-electron chi connectivity index (χ3n) is 8.64. The summed E-state index contributed by atoms with van der Waals surface area (Å²) in [4.78, 5) is 0. The number of halogens is 2. The molecular formula is C43H48Cl2Zr-2. The maximum Gasteiger partial charge on any atom is -0.109 e. The number of fused-ring (bicyclic) bond motifs is 3. The Balaban J connectivity index is 0.000000270. The molecule has 0 spiro atoms. The van der Waals surface area contributed by atoms with E-state index in [1.165, 1.54) is 94.2 Å². The van der Waals surface area contributed by atoms with Gasteiger partial charge in [0.05, 0.1) is 0 Å². The average Bonchev–Trinajstić information content (AvgIpc) is 3.66. The Morgan fingerprint density at radius 3 is 1.65 bits per heavy atom. The minimum atomic E-state index is 0. The van der Waals surface area contributed by atoms with Crippen molar-refractivity contribution in [2.45, 2.75) is 92.9 Å². The second kappa shape index (κ2) is 16.7. The van der Waals surface area contributed by atoms with Gasteiger partial charge in [0.25, 0.3) is 0 Å². The molecule has 0 fully saturated rings. The first-order valence-electron chi connectivity index (χ1n) is 15.8. The Morgan fingerprint density at radius 1 is 0.652 bits per heavy atom. The van der Waals surface area contributed by atoms with E-state index in [0.717, 1.165) is 12.8 Å². The number of hydrogen-bond donors (Lipinski definition) is 0. The molecule has 0 amide bonds. The zero-order valence-corrected chi connectivity index (χ0v) is 33.2. The van der Waals surface area contributed by atoms with Gasteiger partial charge in [-0.15, -0.1) is 17.5 Å². The van der Waals surface area contributed by atoms with Crippen molar-refractivity contribution >= 4 is 3.21 Å². The minimum Gasteiger partial charge on any atom is -1.00 e. The number of benzene rings is 4. The summed E-state index contributed by atoms with van der Waals surface area (Å²) in [6.07, 6.45) is 11.0. The van der Waals surface area contributed by atoms with Crippen LogP contribution in [0.4, 0.5) is 0 Å². The summed E-state index contributed by atoms with van der Waals surface area (Å²) in [7, 11) is 0. The van der Waals surface area contributed by atoms with Gasteiger partial charge < -0.3 is 24.8 Å². The summed E-state index contributed by atoms with van der Waals surface area (Å²) in [5.41, 5.74) is 16.9. The largest absolute Gasteiger partial charge is 1.00 e. The predicted octanol–water partition coefficient (Wildman–Crippen LogP) is 5.00. The van der Waals surface area contributed by atoms with Crippen molar-refractivity contribution in [1.29, 1.82) is 0 Å². The van der Waals surface area contributed by atoms with Crippen molar-refractivity contribution in [2.24, 2.45) is 0 Å². The minimum absolute atomic E-state index is 0. The summed E-state index contributed by atoms with van der Waals surface area (Å²) >= 11 is 1.47. The van der Waals surface area contributed by atoms with Crippen LogP contribution < -0.4 is 24.8 Å². The van der Waals surface area contributed by atoms with E-state index in [9.17, 15) is 0 Å². The van der Waals surface area contributed by atoms with Crippen LogP contribution in [0.1, 0.15) is 104 Å². The number of aryl methyl sites for hydroxylation is 4. The summed E-state index contributed by atoms with van der Waals surface area (Å²) in [5, 5.41) is 0. The molecule has 0 heterocycles. The fourth-order valence-corrected chi connectivity index (χ4v) is 6.09. The van der Waals surface area contributed by atoms with Crippen LogP contribution in [-0.2, 0) is 41.5 Å². The Bertz CT molecular complexity index is 1600. The molecule has 0 N–H and O–H groups in total. The topological polar surface area (TPSA) is 0 Å². The summed E-state index contributed by atoms with van der Waals surface area (Å²) in [6, 6.07) is 28.7. The molecule has 2 aliphatic rings. The second-order valence-electron chi connectivity index (χ2n) is 14.3. The molecule has 6 rings (SSSR count). The van der Waals surface area contributed by atoms with Crippen LogP contribution in [0.5, 0.6) is 0 Å². The van der Waals surface area contributed by atoms with Gasteiger partial charge in [0.15, 0.2) is 0 Å². The zero-order valence-electron chi connectivity index (χ0n) is 29.3. The standard InChI is InChI=1S/C21H25.C17H18.C5H5.2ClH.Zr/c1-20(2,3)16-7-9-18-14(12-16)11-15-13-17(21(4,5)6)8-10-19(15)18;1-12-5-7-16(9-14(12)3)11-17-8-6-13(2)15(4)10-17;1-2-4-5-3-1;;;/h7-10,12H,11H2,1-6H3;5-10H,1-4H3;1-3H,4H2;2*1H;/q-1;;-1;;;+2/p-2. The molecule has 3 heteroatoms. The maximum absolute atomic E-state index is 3.67. The first-order chi connectivity index (χ1) is 20.6. The second-order valence-corrected chi connectivity index (χ2v) is 15.5. The van der Waals surface area contributed by atoms with Gasteiger partial charge in [-0.25, -0.2) is 12.2 Å². The van der Waals surface area contributed by atoms with Crippen LogP contribution in [0, 0.1) is 39.8 Å². The summed E-state index contributed by atoms with van der Waals surface area (Å²) in [5.74, 6) is 0. The van der Waals surface area contributed by atoms with Crippen LogP contribution in [0.3, 0.4) is 0 Å².